The molecule has 0 bridgehead atoms. The third-order valence-corrected chi connectivity index (χ3v) is 2.32. The number of ether oxygens (including phenoxy) is 2. The van der Waals surface area contributed by atoms with Gasteiger partial charge >= 0.3 is 0 Å². The molecule has 0 saturated heterocycles. The van der Waals surface area contributed by atoms with Crippen molar-refractivity contribution in [3.63, 3.8) is 0 Å². The summed E-state index contributed by atoms with van der Waals surface area (Å²) in [5.41, 5.74) is -0.513. The van der Waals surface area contributed by atoms with E-state index < -0.39 is 0 Å². The predicted molar refractivity (Wildman–Crippen MR) is 59.8 cm³/mol. The largest absolute Gasteiger partial charge is 0.376 e. The number of hydrogen-bond acceptors (Lipinski definition) is 3. The van der Waals surface area contributed by atoms with E-state index in [2.05, 4.69) is 5.32 Å². The van der Waals surface area contributed by atoms with Gasteiger partial charge < -0.3 is 14.8 Å². The van der Waals surface area contributed by atoms with Crippen LogP contribution in [0.2, 0.25) is 0 Å². The Morgan fingerprint density at radius 2 is 1.80 bits per heavy atom. The maximum atomic E-state index is 10.1. The van der Waals surface area contributed by atoms with Gasteiger partial charge in [0.05, 0.1) is 17.8 Å². The van der Waals surface area contributed by atoms with Crippen molar-refractivity contribution in [2.45, 2.75) is 45.3 Å². The molecule has 4 nitrogen and oxygen atoms in total. The molecule has 0 aromatic carbocycles. The summed E-state index contributed by atoms with van der Waals surface area (Å²) in [6, 6.07) is 0. The molecule has 0 fully saturated rings. The Hall–Kier alpha value is -0.610. The Bertz CT molecular complexity index is 190. The highest BCUT2D eigenvalue weighted by Crippen LogP contribution is 2.18. The quantitative estimate of drug-likeness (QED) is 0.493. The molecule has 0 aliphatic carbocycles. The van der Waals surface area contributed by atoms with Crippen molar-refractivity contribution in [2.24, 2.45) is 0 Å². The summed E-state index contributed by atoms with van der Waals surface area (Å²) in [6.07, 6.45) is 1.49. The van der Waals surface area contributed by atoms with Crippen molar-refractivity contribution in [3.8, 4) is 0 Å². The molecule has 0 unspecified atom stereocenters. The van der Waals surface area contributed by atoms with Gasteiger partial charge in [0.2, 0.25) is 6.41 Å². The zero-order valence-electron chi connectivity index (χ0n) is 10.4. The van der Waals surface area contributed by atoms with Gasteiger partial charge in [0.15, 0.2) is 0 Å². The fraction of sp³-hybridized carbons (Fsp3) is 0.909. The lowest BCUT2D eigenvalue weighted by Gasteiger charge is -2.31. The van der Waals surface area contributed by atoms with Gasteiger partial charge in [-0.25, -0.2) is 0 Å². The van der Waals surface area contributed by atoms with E-state index in [1.807, 2.05) is 27.7 Å². The first-order valence-corrected chi connectivity index (χ1v) is 5.19. The molecule has 1 amide bonds. The van der Waals surface area contributed by atoms with Crippen molar-refractivity contribution < 1.29 is 14.3 Å². The smallest absolute Gasteiger partial charge is 0.207 e. The van der Waals surface area contributed by atoms with E-state index in [-0.39, 0.29) is 11.2 Å². The topological polar surface area (TPSA) is 47.6 Å². The molecular formula is C11H23NO3. The molecule has 1 N–H and O–H groups in total. The van der Waals surface area contributed by atoms with Crippen LogP contribution in [0.5, 0.6) is 0 Å². The zero-order chi connectivity index (χ0) is 11.9. The second-order valence-electron chi connectivity index (χ2n) is 4.83. The number of carbonyl (C=O) groups excluding carboxylic acids is 1. The maximum Gasteiger partial charge on any atom is 0.207 e. The minimum atomic E-state index is -0.268. The Morgan fingerprint density at radius 1 is 1.20 bits per heavy atom. The van der Waals surface area contributed by atoms with Crippen LogP contribution in [-0.2, 0) is 14.3 Å². The number of rotatable bonds is 8. The average molecular weight is 217 g/mol. The fourth-order valence-electron chi connectivity index (χ4n) is 0.932. The Balaban J connectivity index is 3.87. The highest BCUT2D eigenvalue weighted by atomic mass is 16.5. The summed E-state index contributed by atoms with van der Waals surface area (Å²) in [6.45, 7) is 9.14. The summed E-state index contributed by atoms with van der Waals surface area (Å²) in [5, 5.41) is 2.62. The standard InChI is InChI=1S/C11H23NO3/c1-10(2,6-7-12-9-13)15-8-11(3,4)14-5/h9H,6-8H2,1-5H3,(H,12,13). The molecule has 4 heteroatoms. The number of nitrogens with one attached hydrogen (secondary N) is 1. The molecule has 0 saturated carbocycles. The van der Waals surface area contributed by atoms with Gasteiger partial charge in [-0.15, -0.1) is 0 Å². The van der Waals surface area contributed by atoms with Crippen molar-refractivity contribution in [1.82, 2.24) is 5.32 Å². The van der Waals surface area contributed by atoms with E-state index in [1.165, 1.54) is 0 Å². The van der Waals surface area contributed by atoms with Gasteiger partial charge in [-0.3, -0.25) is 4.79 Å². The zero-order valence-corrected chi connectivity index (χ0v) is 10.4. The van der Waals surface area contributed by atoms with Crippen molar-refractivity contribution in [2.75, 3.05) is 20.3 Å². The van der Waals surface area contributed by atoms with Gasteiger partial charge in [-0.1, -0.05) is 0 Å². The number of carbonyl (C=O) groups is 1. The molecule has 0 aliphatic heterocycles. The van der Waals surface area contributed by atoms with E-state index >= 15 is 0 Å². The minimum absolute atomic E-state index is 0.244. The SMILES string of the molecule is COC(C)(C)COC(C)(C)CCNC=O. The van der Waals surface area contributed by atoms with Crippen LogP contribution in [0.15, 0.2) is 0 Å². The fourth-order valence-corrected chi connectivity index (χ4v) is 0.932. The summed E-state index contributed by atoms with van der Waals surface area (Å²) < 4.78 is 11.0. The van der Waals surface area contributed by atoms with Crippen LogP contribution in [0.1, 0.15) is 34.1 Å². The van der Waals surface area contributed by atoms with Crippen LogP contribution in [0.25, 0.3) is 0 Å². The third-order valence-electron chi connectivity index (χ3n) is 2.32. The lowest BCUT2D eigenvalue weighted by molar-refractivity contribution is -0.113. The summed E-state index contributed by atoms with van der Waals surface area (Å²) in [4.78, 5) is 10.1. The first-order valence-electron chi connectivity index (χ1n) is 5.19. The van der Waals surface area contributed by atoms with E-state index in [1.54, 1.807) is 7.11 Å². The predicted octanol–water partition coefficient (Wildman–Crippen LogP) is 1.34. The monoisotopic (exact) mass is 217 g/mol. The van der Waals surface area contributed by atoms with Crippen LogP contribution in [0, 0.1) is 0 Å². The maximum absolute atomic E-state index is 10.1. The van der Waals surface area contributed by atoms with E-state index in [0.717, 1.165) is 6.42 Å². The molecule has 0 heterocycles. The first kappa shape index (κ1) is 14.4. The van der Waals surface area contributed by atoms with Crippen molar-refractivity contribution in [3.05, 3.63) is 0 Å². The van der Waals surface area contributed by atoms with Gasteiger partial charge in [-0.2, -0.15) is 0 Å². The molecule has 0 atom stereocenters. The van der Waals surface area contributed by atoms with E-state index in [0.29, 0.717) is 19.6 Å². The molecular weight excluding hydrogens is 194 g/mol. The molecule has 0 rings (SSSR count). The van der Waals surface area contributed by atoms with Gasteiger partial charge in [-0.05, 0) is 34.1 Å². The first-order chi connectivity index (χ1) is 6.83. The Labute approximate surface area is 92.3 Å². The molecule has 0 aromatic heterocycles. The number of methoxy groups -OCH3 is 1. The molecule has 15 heavy (non-hydrogen) atoms. The van der Waals surface area contributed by atoms with Gasteiger partial charge in [0.1, 0.15) is 0 Å². The lowest BCUT2D eigenvalue weighted by atomic mass is 10.0. The summed E-state index contributed by atoms with van der Waals surface area (Å²) in [7, 11) is 1.67. The lowest BCUT2D eigenvalue weighted by Crippen LogP contribution is -2.37. The number of amides is 1. The highest BCUT2D eigenvalue weighted by molar-refractivity contribution is 5.45. The van der Waals surface area contributed by atoms with E-state index in [4.69, 9.17) is 9.47 Å². The van der Waals surface area contributed by atoms with Crippen molar-refractivity contribution in [1.29, 1.82) is 0 Å². The van der Waals surface area contributed by atoms with Crippen LogP contribution >= 0.6 is 0 Å². The van der Waals surface area contributed by atoms with E-state index in [9.17, 15) is 4.79 Å². The Kier molecular flexibility index (Phi) is 5.83. The molecule has 0 aromatic rings. The van der Waals surface area contributed by atoms with Crippen LogP contribution in [-0.4, -0.2) is 37.9 Å². The molecule has 90 valence electrons. The Morgan fingerprint density at radius 3 is 2.27 bits per heavy atom. The third kappa shape index (κ3) is 7.33. The van der Waals surface area contributed by atoms with Crippen LogP contribution in [0.4, 0.5) is 0 Å². The number of hydrogen-bond donors (Lipinski definition) is 1. The normalized spacial score (nSPS) is 12.6. The average Bonchev–Trinajstić information content (AvgIpc) is 2.16. The van der Waals surface area contributed by atoms with Crippen molar-refractivity contribution >= 4 is 6.41 Å². The second-order valence-corrected chi connectivity index (χ2v) is 4.83. The molecule has 0 spiro atoms. The van der Waals surface area contributed by atoms with Crippen LogP contribution < -0.4 is 5.32 Å². The van der Waals surface area contributed by atoms with Gasteiger partial charge in [0.25, 0.3) is 0 Å². The summed E-state index contributed by atoms with van der Waals surface area (Å²) in [5.74, 6) is 0. The second kappa shape index (κ2) is 6.08. The van der Waals surface area contributed by atoms with Crippen LogP contribution in [0.3, 0.4) is 0 Å². The summed E-state index contributed by atoms with van der Waals surface area (Å²) >= 11 is 0. The highest BCUT2D eigenvalue weighted by Gasteiger charge is 2.24. The molecule has 0 radical (unpaired) electrons. The molecule has 0 aliphatic rings. The van der Waals surface area contributed by atoms with Gasteiger partial charge in [0, 0.05) is 13.7 Å². The minimum Gasteiger partial charge on any atom is -0.376 e.